The van der Waals surface area contributed by atoms with E-state index in [1.165, 1.54) is 5.56 Å². The molecule has 2 aliphatic rings. The topological polar surface area (TPSA) is 40.6 Å². The molecular formula is C17H26N2O2S. The molecule has 0 N–H and O–H groups in total. The van der Waals surface area contributed by atoms with Crippen molar-refractivity contribution in [2.45, 2.75) is 19.4 Å². The Morgan fingerprint density at radius 2 is 1.50 bits per heavy atom. The molecule has 5 heteroatoms. The van der Waals surface area contributed by atoms with Crippen LogP contribution in [-0.2, 0) is 16.4 Å². The predicted molar refractivity (Wildman–Crippen MR) is 89.5 cm³/mol. The maximum absolute atomic E-state index is 11.5. The Morgan fingerprint density at radius 3 is 2.14 bits per heavy atom. The molecule has 0 unspecified atom stereocenters. The van der Waals surface area contributed by atoms with Gasteiger partial charge in [0.15, 0.2) is 0 Å². The van der Waals surface area contributed by atoms with Crippen LogP contribution in [0, 0.1) is 5.92 Å². The number of hydrogen-bond acceptors (Lipinski definition) is 4. The van der Waals surface area contributed by atoms with E-state index in [1.54, 1.807) is 0 Å². The molecule has 0 aromatic heterocycles. The minimum atomic E-state index is -2.73. The van der Waals surface area contributed by atoms with Gasteiger partial charge < -0.3 is 4.90 Å². The second-order valence-electron chi connectivity index (χ2n) is 6.66. The molecule has 0 bridgehead atoms. The van der Waals surface area contributed by atoms with Crippen LogP contribution in [0.2, 0.25) is 0 Å². The van der Waals surface area contributed by atoms with Gasteiger partial charge in [0.25, 0.3) is 0 Å². The van der Waals surface area contributed by atoms with Gasteiger partial charge in [0.1, 0.15) is 9.84 Å². The van der Waals surface area contributed by atoms with Crippen molar-refractivity contribution in [3.05, 3.63) is 35.9 Å². The fourth-order valence-electron chi connectivity index (χ4n) is 3.46. The quantitative estimate of drug-likeness (QED) is 0.845. The molecule has 0 aliphatic carbocycles. The van der Waals surface area contributed by atoms with E-state index in [4.69, 9.17) is 0 Å². The third-order valence-electron chi connectivity index (χ3n) is 4.90. The summed E-state index contributed by atoms with van der Waals surface area (Å²) in [6.07, 6.45) is 1.71. The summed E-state index contributed by atoms with van der Waals surface area (Å²) in [5.74, 6) is 1.36. The monoisotopic (exact) mass is 322 g/mol. The first kappa shape index (κ1) is 16.0. The van der Waals surface area contributed by atoms with E-state index in [0.717, 1.165) is 52.1 Å². The minimum Gasteiger partial charge on any atom is -0.301 e. The van der Waals surface area contributed by atoms with Crippen molar-refractivity contribution in [3.8, 4) is 0 Å². The molecule has 2 heterocycles. The second-order valence-corrected chi connectivity index (χ2v) is 8.96. The van der Waals surface area contributed by atoms with Crippen LogP contribution in [0.25, 0.3) is 0 Å². The molecule has 3 rings (SSSR count). The number of sulfone groups is 1. The van der Waals surface area contributed by atoms with Crippen LogP contribution < -0.4 is 0 Å². The summed E-state index contributed by atoms with van der Waals surface area (Å²) in [6.45, 7) is 6.55. The van der Waals surface area contributed by atoms with E-state index in [1.807, 2.05) is 0 Å². The van der Waals surface area contributed by atoms with Crippen LogP contribution in [-0.4, -0.2) is 62.4 Å². The van der Waals surface area contributed by atoms with Crippen molar-refractivity contribution in [2.75, 3.05) is 44.2 Å². The third kappa shape index (κ3) is 4.54. The standard InChI is InChI=1S/C17H26N2O2S/c20-22(21)12-6-17(7-13-22)15-19-10-8-18(9-11-19)14-16-4-2-1-3-5-16/h1-5,17H,6-15H2. The zero-order valence-electron chi connectivity index (χ0n) is 13.2. The molecule has 22 heavy (non-hydrogen) atoms. The highest BCUT2D eigenvalue weighted by Crippen LogP contribution is 2.20. The summed E-state index contributed by atoms with van der Waals surface area (Å²) in [7, 11) is -2.73. The maximum Gasteiger partial charge on any atom is 0.150 e. The average Bonchev–Trinajstić information content (AvgIpc) is 2.52. The van der Waals surface area contributed by atoms with Gasteiger partial charge in [-0.15, -0.1) is 0 Å². The summed E-state index contributed by atoms with van der Waals surface area (Å²) in [4.78, 5) is 5.03. The van der Waals surface area contributed by atoms with Gasteiger partial charge in [0.2, 0.25) is 0 Å². The smallest absolute Gasteiger partial charge is 0.150 e. The summed E-state index contributed by atoms with van der Waals surface area (Å²) >= 11 is 0. The summed E-state index contributed by atoms with van der Waals surface area (Å²) in [5, 5.41) is 0. The first-order chi connectivity index (χ1) is 10.6. The lowest BCUT2D eigenvalue weighted by atomic mass is 10.0. The first-order valence-corrected chi connectivity index (χ1v) is 10.1. The van der Waals surface area contributed by atoms with Crippen molar-refractivity contribution in [1.82, 2.24) is 9.80 Å². The van der Waals surface area contributed by atoms with E-state index >= 15 is 0 Å². The average molecular weight is 322 g/mol. The molecule has 0 radical (unpaired) electrons. The first-order valence-electron chi connectivity index (χ1n) is 8.30. The van der Waals surface area contributed by atoms with Crippen molar-refractivity contribution in [3.63, 3.8) is 0 Å². The van der Waals surface area contributed by atoms with Gasteiger partial charge in [-0.25, -0.2) is 8.42 Å². The van der Waals surface area contributed by atoms with Gasteiger partial charge in [-0.05, 0) is 24.3 Å². The third-order valence-corrected chi connectivity index (χ3v) is 6.62. The van der Waals surface area contributed by atoms with E-state index in [0.29, 0.717) is 17.4 Å². The minimum absolute atomic E-state index is 0.394. The maximum atomic E-state index is 11.5. The Morgan fingerprint density at radius 1 is 0.909 bits per heavy atom. The van der Waals surface area contributed by atoms with Gasteiger partial charge in [-0.2, -0.15) is 0 Å². The summed E-state index contributed by atoms with van der Waals surface area (Å²) in [6, 6.07) is 10.6. The highest BCUT2D eigenvalue weighted by molar-refractivity contribution is 7.91. The normalized spacial score (nSPS) is 24.4. The van der Waals surface area contributed by atoms with Gasteiger partial charge in [-0.1, -0.05) is 30.3 Å². The molecule has 2 aliphatic heterocycles. The van der Waals surface area contributed by atoms with E-state index in [2.05, 4.69) is 40.1 Å². The van der Waals surface area contributed by atoms with Crippen molar-refractivity contribution >= 4 is 9.84 Å². The largest absolute Gasteiger partial charge is 0.301 e. The Balaban J connectivity index is 1.40. The van der Waals surface area contributed by atoms with Crippen molar-refractivity contribution < 1.29 is 8.42 Å². The van der Waals surface area contributed by atoms with E-state index in [-0.39, 0.29) is 0 Å². The van der Waals surface area contributed by atoms with Crippen LogP contribution in [0.5, 0.6) is 0 Å². The fraction of sp³-hybridized carbons (Fsp3) is 0.647. The van der Waals surface area contributed by atoms with E-state index < -0.39 is 9.84 Å². The van der Waals surface area contributed by atoms with Crippen LogP contribution in [0.1, 0.15) is 18.4 Å². The Labute approximate surface area is 134 Å². The van der Waals surface area contributed by atoms with Gasteiger partial charge in [0.05, 0.1) is 11.5 Å². The van der Waals surface area contributed by atoms with Crippen LogP contribution in [0.15, 0.2) is 30.3 Å². The molecular weight excluding hydrogens is 296 g/mol. The molecule has 0 amide bonds. The highest BCUT2D eigenvalue weighted by Gasteiger charge is 2.26. The van der Waals surface area contributed by atoms with Crippen LogP contribution in [0.3, 0.4) is 0 Å². The molecule has 2 fully saturated rings. The SMILES string of the molecule is O=S1(=O)CCC(CN2CCN(Cc3ccccc3)CC2)CC1. The summed E-state index contributed by atoms with van der Waals surface area (Å²) < 4.78 is 23.0. The zero-order chi connectivity index (χ0) is 15.4. The lowest BCUT2D eigenvalue weighted by molar-refractivity contribution is 0.111. The number of piperazine rings is 1. The van der Waals surface area contributed by atoms with Crippen LogP contribution in [0.4, 0.5) is 0 Å². The molecule has 122 valence electrons. The Bertz CT molecular complexity index is 552. The molecule has 0 saturated carbocycles. The lowest BCUT2D eigenvalue weighted by Crippen LogP contribution is -2.47. The number of rotatable bonds is 4. The Kier molecular flexibility index (Phi) is 5.16. The molecule has 2 saturated heterocycles. The van der Waals surface area contributed by atoms with Gasteiger partial charge in [0, 0.05) is 39.3 Å². The second kappa shape index (κ2) is 7.11. The number of benzene rings is 1. The van der Waals surface area contributed by atoms with Crippen molar-refractivity contribution in [2.24, 2.45) is 5.92 Å². The highest BCUT2D eigenvalue weighted by atomic mass is 32.2. The fourth-order valence-corrected chi connectivity index (χ4v) is 5.05. The van der Waals surface area contributed by atoms with E-state index in [9.17, 15) is 8.42 Å². The number of hydrogen-bond donors (Lipinski definition) is 0. The van der Waals surface area contributed by atoms with Crippen LogP contribution >= 0.6 is 0 Å². The van der Waals surface area contributed by atoms with Gasteiger partial charge in [-0.3, -0.25) is 4.90 Å². The molecule has 0 atom stereocenters. The number of nitrogens with zero attached hydrogens (tertiary/aromatic N) is 2. The molecule has 1 aromatic rings. The predicted octanol–water partition coefficient (Wildman–Crippen LogP) is 1.63. The lowest BCUT2D eigenvalue weighted by Gasteiger charge is -2.37. The zero-order valence-corrected chi connectivity index (χ0v) is 14.0. The molecule has 4 nitrogen and oxygen atoms in total. The van der Waals surface area contributed by atoms with Gasteiger partial charge >= 0.3 is 0 Å². The van der Waals surface area contributed by atoms with Crippen molar-refractivity contribution in [1.29, 1.82) is 0 Å². The molecule has 0 spiro atoms. The molecule has 1 aromatic carbocycles. The Hall–Kier alpha value is -0.910. The summed E-state index contributed by atoms with van der Waals surface area (Å²) in [5.41, 5.74) is 1.38.